The maximum atomic E-state index is 11.8. The molecular weight excluding hydrogens is 274 g/mol. The average Bonchev–Trinajstić information content (AvgIpc) is 3.27. The van der Waals surface area contributed by atoms with Crippen molar-refractivity contribution in [2.75, 3.05) is 6.61 Å². The highest BCUT2D eigenvalue weighted by molar-refractivity contribution is 5.76. The van der Waals surface area contributed by atoms with Crippen molar-refractivity contribution in [3.05, 3.63) is 29.8 Å². The average molecular weight is 303 g/mol. The van der Waals surface area contributed by atoms with E-state index in [9.17, 15) is 4.79 Å². The second-order valence-corrected chi connectivity index (χ2v) is 7.42. The predicted molar refractivity (Wildman–Crippen MR) is 90.2 cm³/mol. The Kier molecular flexibility index (Phi) is 5.49. The summed E-state index contributed by atoms with van der Waals surface area (Å²) in [6, 6.07) is 8.57. The first-order valence-corrected chi connectivity index (χ1v) is 8.39. The first kappa shape index (κ1) is 16.9. The molecule has 1 unspecified atom stereocenters. The van der Waals surface area contributed by atoms with Gasteiger partial charge in [-0.1, -0.05) is 32.9 Å². The summed E-state index contributed by atoms with van der Waals surface area (Å²) in [4.78, 5) is 11.8. The molecule has 0 radical (unpaired) electrons. The van der Waals surface area contributed by atoms with Gasteiger partial charge in [0.1, 0.15) is 5.75 Å². The molecule has 1 aliphatic rings. The zero-order valence-corrected chi connectivity index (χ0v) is 14.3. The SMILES string of the molecule is CC(NC(=O)CCCOc1ccc(C(C)(C)C)cc1)C1CC1. The molecule has 22 heavy (non-hydrogen) atoms. The lowest BCUT2D eigenvalue weighted by atomic mass is 9.87. The quantitative estimate of drug-likeness (QED) is 0.771. The molecule has 0 aromatic heterocycles. The van der Waals surface area contributed by atoms with Crippen molar-refractivity contribution < 1.29 is 9.53 Å². The first-order chi connectivity index (χ1) is 10.4. The summed E-state index contributed by atoms with van der Waals surface area (Å²) in [5, 5.41) is 3.07. The molecule has 1 amide bonds. The lowest BCUT2D eigenvalue weighted by molar-refractivity contribution is -0.122. The van der Waals surface area contributed by atoms with Crippen LogP contribution in [0, 0.1) is 5.92 Å². The van der Waals surface area contributed by atoms with Crippen LogP contribution in [0.25, 0.3) is 0 Å². The van der Waals surface area contributed by atoms with Crippen LogP contribution in [0.15, 0.2) is 24.3 Å². The molecule has 0 heterocycles. The van der Waals surface area contributed by atoms with E-state index >= 15 is 0 Å². The maximum absolute atomic E-state index is 11.8. The maximum Gasteiger partial charge on any atom is 0.220 e. The fraction of sp³-hybridized carbons (Fsp3) is 0.632. The normalized spacial score (nSPS) is 16.2. The van der Waals surface area contributed by atoms with Crippen LogP contribution in [0.1, 0.15) is 58.9 Å². The Morgan fingerprint density at radius 3 is 2.45 bits per heavy atom. The van der Waals surface area contributed by atoms with E-state index in [1.807, 2.05) is 12.1 Å². The minimum absolute atomic E-state index is 0.145. The zero-order valence-electron chi connectivity index (χ0n) is 14.3. The molecule has 1 aliphatic carbocycles. The Morgan fingerprint density at radius 1 is 1.27 bits per heavy atom. The number of benzene rings is 1. The van der Waals surface area contributed by atoms with Crippen LogP contribution in [-0.4, -0.2) is 18.6 Å². The number of ether oxygens (including phenoxy) is 1. The number of carbonyl (C=O) groups excluding carboxylic acids is 1. The van der Waals surface area contributed by atoms with Gasteiger partial charge in [-0.3, -0.25) is 4.79 Å². The van der Waals surface area contributed by atoms with E-state index in [0.717, 1.165) is 12.2 Å². The fourth-order valence-corrected chi connectivity index (χ4v) is 2.51. The molecule has 1 saturated carbocycles. The lowest BCUT2D eigenvalue weighted by Crippen LogP contribution is -2.33. The molecule has 0 bridgehead atoms. The van der Waals surface area contributed by atoms with E-state index in [-0.39, 0.29) is 11.3 Å². The van der Waals surface area contributed by atoms with Gasteiger partial charge in [-0.25, -0.2) is 0 Å². The monoisotopic (exact) mass is 303 g/mol. The largest absolute Gasteiger partial charge is 0.494 e. The topological polar surface area (TPSA) is 38.3 Å². The molecule has 1 aromatic rings. The van der Waals surface area contributed by atoms with Crippen LogP contribution in [0.4, 0.5) is 0 Å². The van der Waals surface area contributed by atoms with Crippen LogP contribution >= 0.6 is 0 Å². The van der Waals surface area contributed by atoms with Crippen molar-refractivity contribution in [1.29, 1.82) is 0 Å². The van der Waals surface area contributed by atoms with Gasteiger partial charge in [0.2, 0.25) is 5.91 Å². The van der Waals surface area contributed by atoms with Crippen molar-refractivity contribution in [1.82, 2.24) is 5.32 Å². The van der Waals surface area contributed by atoms with Crippen molar-refractivity contribution in [2.45, 2.75) is 64.8 Å². The van der Waals surface area contributed by atoms with E-state index < -0.39 is 0 Å². The number of carbonyl (C=O) groups is 1. The molecule has 3 heteroatoms. The molecule has 1 fully saturated rings. The van der Waals surface area contributed by atoms with Crippen LogP contribution in [0.3, 0.4) is 0 Å². The summed E-state index contributed by atoms with van der Waals surface area (Å²) in [5.41, 5.74) is 1.46. The van der Waals surface area contributed by atoms with E-state index in [1.165, 1.54) is 18.4 Å². The molecule has 3 nitrogen and oxygen atoms in total. The predicted octanol–water partition coefficient (Wildman–Crippen LogP) is 4.06. The van der Waals surface area contributed by atoms with Gasteiger partial charge in [0, 0.05) is 12.5 Å². The van der Waals surface area contributed by atoms with E-state index in [4.69, 9.17) is 4.74 Å². The van der Waals surface area contributed by atoms with Crippen molar-refractivity contribution in [2.24, 2.45) is 5.92 Å². The second kappa shape index (κ2) is 7.17. The Hall–Kier alpha value is -1.51. The van der Waals surface area contributed by atoms with Gasteiger partial charge in [-0.2, -0.15) is 0 Å². The standard InChI is InChI=1S/C19H29NO2/c1-14(15-7-8-15)20-18(21)6-5-13-22-17-11-9-16(10-12-17)19(2,3)4/h9-12,14-15H,5-8,13H2,1-4H3,(H,20,21). The Labute approximate surface area is 134 Å². The molecule has 0 aliphatic heterocycles. The Morgan fingerprint density at radius 2 is 1.91 bits per heavy atom. The molecular formula is C19H29NO2. The number of amides is 1. The second-order valence-electron chi connectivity index (χ2n) is 7.42. The van der Waals surface area contributed by atoms with Gasteiger partial charge in [0.25, 0.3) is 0 Å². The van der Waals surface area contributed by atoms with Crippen LogP contribution in [0.5, 0.6) is 5.75 Å². The third-order valence-corrected chi connectivity index (χ3v) is 4.26. The molecule has 1 aromatic carbocycles. The van der Waals surface area contributed by atoms with Gasteiger partial charge in [-0.05, 0) is 55.2 Å². The third kappa shape index (κ3) is 5.36. The summed E-state index contributed by atoms with van der Waals surface area (Å²) in [7, 11) is 0. The van der Waals surface area contributed by atoms with Crippen LogP contribution in [0.2, 0.25) is 0 Å². The van der Waals surface area contributed by atoms with Crippen molar-refractivity contribution in [3.8, 4) is 5.75 Å². The van der Waals surface area contributed by atoms with E-state index in [2.05, 4.69) is 45.1 Å². The highest BCUT2D eigenvalue weighted by Crippen LogP contribution is 2.32. The van der Waals surface area contributed by atoms with E-state index in [1.54, 1.807) is 0 Å². The highest BCUT2D eigenvalue weighted by atomic mass is 16.5. The zero-order chi connectivity index (χ0) is 16.2. The van der Waals surface area contributed by atoms with Gasteiger partial charge in [0.05, 0.1) is 6.61 Å². The number of nitrogens with one attached hydrogen (secondary N) is 1. The number of rotatable bonds is 7. The van der Waals surface area contributed by atoms with Crippen molar-refractivity contribution >= 4 is 5.91 Å². The van der Waals surface area contributed by atoms with E-state index in [0.29, 0.717) is 25.0 Å². The van der Waals surface area contributed by atoms with Crippen molar-refractivity contribution in [3.63, 3.8) is 0 Å². The molecule has 0 spiro atoms. The highest BCUT2D eigenvalue weighted by Gasteiger charge is 2.28. The van der Waals surface area contributed by atoms with Gasteiger partial charge in [0.15, 0.2) is 0 Å². The van der Waals surface area contributed by atoms with Gasteiger partial charge < -0.3 is 10.1 Å². The lowest BCUT2D eigenvalue weighted by Gasteiger charge is -2.19. The summed E-state index contributed by atoms with van der Waals surface area (Å²) < 4.78 is 5.71. The Balaban J connectivity index is 1.64. The third-order valence-electron chi connectivity index (χ3n) is 4.26. The summed E-state index contributed by atoms with van der Waals surface area (Å²) in [6.07, 6.45) is 3.81. The fourth-order valence-electron chi connectivity index (χ4n) is 2.51. The molecule has 0 saturated heterocycles. The van der Waals surface area contributed by atoms with Crippen LogP contribution in [-0.2, 0) is 10.2 Å². The molecule has 1 N–H and O–H groups in total. The Bertz CT molecular complexity index is 483. The number of hydrogen-bond donors (Lipinski definition) is 1. The summed E-state index contributed by atoms with van der Waals surface area (Å²) >= 11 is 0. The first-order valence-electron chi connectivity index (χ1n) is 8.39. The molecule has 122 valence electrons. The minimum Gasteiger partial charge on any atom is -0.494 e. The van der Waals surface area contributed by atoms with Crippen LogP contribution < -0.4 is 10.1 Å². The number of hydrogen-bond acceptors (Lipinski definition) is 2. The van der Waals surface area contributed by atoms with Gasteiger partial charge >= 0.3 is 0 Å². The summed E-state index contributed by atoms with van der Waals surface area (Å²) in [5.74, 6) is 1.73. The molecule has 1 atom stereocenters. The van der Waals surface area contributed by atoms with Gasteiger partial charge in [-0.15, -0.1) is 0 Å². The molecule has 2 rings (SSSR count). The smallest absolute Gasteiger partial charge is 0.220 e. The summed E-state index contributed by atoms with van der Waals surface area (Å²) in [6.45, 7) is 9.28. The minimum atomic E-state index is 0.145.